The molecule has 1 aliphatic carbocycles. The van der Waals surface area contributed by atoms with Gasteiger partial charge in [0.2, 0.25) is 5.95 Å². The molecular formula is C30H28N6O2. The number of benzene rings is 2. The fourth-order valence-electron chi connectivity index (χ4n) is 5.14. The van der Waals surface area contributed by atoms with E-state index in [2.05, 4.69) is 32.1 Å². The molecule has 1 aliphatic rings. The zero-order chi connectivity index (χ0) is 26.1. The van der Waals surface area contributed by atoms with E-state index in [0.29, 0.717) is 24.2 Å². The van der Waals surface area contributed by atoms with Crippen molar-refractivity contribution in [2.75, 3.05) is 5.73 Å². The van der Waals surface area contributed by atoms with Crippen molar-refractivity contribution in [3.63, 3.8) is 0 Å². The van der Waals surface area contributed by atoms with E-state index in [0.717, 1.165) is 52.3 Å². The Labute approximate surface area is 219 Å². The number of aliphatic hydroxyl groups is 1. The molecule has 0 unspecified atom stereocenters. The van der Waals surface area contributed by atoms with Crippen LogP contribution in [0.2, 0.25) is 0 Å². The number of hydrogen-bond donors (Lipinski definition) is 4. The van der Waals surface area contributed by atoms with Crippen molar-refractivity contribution in [1.29, 1.82) is 0 Å². The summed E-state index contributed by atoms with van der Waals surface area (Å²) in [4.78, 5) is 24.6. The number of nitrogens with two attached hydrogens (primary N) is 1. The van der Waals surface area contributed by atoms with Crippen LogP contribution in [0.15, 0.2) is 67.0 Å². The van der Waals surface area contributed by atoms with E-state index in [1.165, 1.54) is 0 Å². The van der Waals surface area contributed by atoms with E-state index >= 15 is 0 Å². The Bertz CT molecular complexity index is 1720. The number of aromatic nitrogens is 4. The van der Waals surface area contributed by atoms with Crippen LogP contribution in [0.1, 0.15) is 53.7 Å². The van der Waals surface area contributed by atoms with Gasteiger partial charge >= 0.3 is 0 Å². The van der Waals surface area contributed by atoms with Crippen molar-refractivity contribution in [2.45, 2.75) is 44.2 Å². The standard InChI is InChI=1S/C30H28N6O2/c31-29-33-15-10-27(35-29)36-24(19-34-28(37)23-7-6-21-9-14-32-25(21)18-23)17-22-5-4-20(16-26(22)36)8-13-30(38)11-2-1-3-12-30/h4-7,9-10,14-18,32,38H,1-3,11-12,19H2,(H,34,37)(H2,31,33,35). The maximum absolute atomic E-state index is 13.0. The first-order chi connectivity index (χ1) is 18.5. The Morgan fingerprint density at radius 2 is 1.92 bits per heavy atom. The Morgan fingerprint density at radius 1 is 1.08 bits per heavy atom. The Morgan fingerprint density at radius 3 is 2.76 bits per heavy atom. The van der Waals surface area contributed by atoms with Crippen LogP contribution in [0.25, 0.3) is 27.6 Å². The molecule has 1 saturated carbocycles. The molecule has 38 heavy (non-hydrogen) atoms. The fraction of sp³-hybridized carbons (Fsp3) is 0.233. The minimum atomic E-state index is -0.922. The highest BCUT2D eigenvalue weighted by Gasteiger charge is 2.26. The highest BCUT2D eigenvalue weighted by atomic mass is 16.3. The van der Waals surface area contributed by atoms with Gasteiger partial charge in [-0.2, -0.15) is 4.98 Å². The van der Waals surface area contributed by atoms with Crippen molar-refractivity contribution in [1.82, 2.24) is 24.8 Å². The minimum absolute atomic E-state index is 0.161. The molecule has 0 aliphatic heterocycles. The van der Waals surface area contributed by atoms with Crippen molar-refractivity contribution in [3.8, 4) is 17.7 Å². The zero-order valence-electron chi connectivity index (χ0n) is 20.9. The average molecular weight is 505 g/mol. The lowest BCUT2D eigenvalue weighted by Crippen LogP contribution is -2.29. The molecule has 0 atom stereocenters. The SMILES string of the molecule is Nc1nccc(-n2c(CNC(=O)c3ccc4cc[nH]c4c3)cc3ccc(C#CC4(O)CCCCC4)cc32)n1. The third kappa shape index (κ3) is 4.72. The number of amides is 1. The molecule has 190 valence electrons. The summed E-state index contributed by atoms with van der Waals surface area (Å²) >= 11 is 0. The largest absolute Gasteiger partial charge is 0.378 e. The number of nitrogen functional groups attached to an aromatic ring is 1. The van der Waals surface area contributed by atoms with Crippen LogP contribution in [0, 0.1) is 11.8 Å². The van der Waals surface area contributed by atoms with Gasteiger partial charge in [-0.15, -0.1) is 0 Å². The molecule has 8 heteroatoms. The number of carbonyl (C=O) groups is 1. The smallest absolute Gasteiger partial charge is 0.251 e. The first-order valence-corrected chi connectivity index (χ1v) is 12.8. The van der Waals surface area contributed by atoms with Crippen LogP contribution in [0.3, 0.4) is 0 Å². The molecule has 0 saturated heterocycles. The second kappa shape index (κ2) is 9.69. The molecule has 2 aromatic carbocycles. The van der Waals surface area contributed by atoms with Crippen molar-refractivity contribution in [3.05, 3.63) is 83.8 Å². The summed E-state index contributed by atoms with van der Waals surface area (Å²) in [7, 11) is 0. The molecule has 8 nitrogen and oxygen atoms in total. The van der Waals surface area contributed by atoms with E-state index in [1.807, 2.05) is 59.3 Å². The summed E-state index contributed by atoms with van der Waals surface area (Å²) in [5, 5.41) is 15.9. The van der Waals surface area contributed by atoms with Gasteiger partial charge in [-0.05, 0) is 73.5 Å². The summed E-state index contributed by atoms with van der Waals surface area (Å²) in [5.41, 5.74) is 8.99. The van der Waals surface area contributed by atoms with E-state index in [4.69, 9.17) is 5.73 Å². The van der Waals surface area contributed by atoms with Gasteiger partial charge < -0.3 is 21.1 Å². The predicted molar refractivity (Wildman–Crippen MR) is 148 cm³/mol. The minimum Gasteiger partial charge on any atom is -0.378 e. The van der Waals surface area contributed by atoms with E-state index < -0.39 is 5.60 Å². The molecule has 0 bridgehead atoms. The predicted octanol–water partition coefficient (Wildman–Crippen LogP) is 4.46. The summed E-state index contributed by atoms with van der Waals surface area (Å²) in [6.45, 7) is 0.279. The van der Waals surface area contributed by atoms with Crippen LogP contribution in [-0.2, 0) is 6.54 Å². The van der Waals surface area contributed by atoms with Crippen LogP contribution in [0.5, 0.6) is 0 Å². The normalized spacial score (nSPS) is 14.8. The topological polar surface area (TPSA) is 122 Å². The Hall–Kier alpha value is -4.61. The highest BCUT2D eigenvalue weighted by molar-refractivity contribution is 5.98. The van der Waals surface area contributed by atoms with Crippen molar-refractivity contribution < 1.29 is 9.90 Å². The number of carbonyl (C=O) groups excluding carboxylic acids is 1. The highest BCUT2D eigenvalue weighted by Crippen LogP contribution is 2.28. The number of hydrogen-bond acceptors (Lipinski definition) is 5. The number of aromatic amines is 1. The lowest BCUT2D eigenvalue weighted by atomic mass is 9.85. The third-order valence-electron chi connectivity index (χ3n) is 7.14. The van der Waals surface area contributed by atoms with Crippen LogP contribution < -0.4 is 11.1 Å². The second-order valence-electron chi connectivity index (χ2n) is 9.82. The van der Waals surface area contributed by atoms with Gasteiger partial charge in [0.15, 0.2) is 0 Å². The molecule has 5 N–H and O–H groups in total. The van der Waals surface area contributed by atoms with Crippen LogP contribution in [-0.4, -0.2) is 36.1 Å². The van der Waals surface area contributed by atoms with Crippen LogP contribution >= 0.6 is 0 Å². The molecule has 5 aromatic rings. The molecule has 1 amide bonds. The third-order valence-corrected chi connectivity index (χ3v) is 7.14. The lowest BCUT2D eigenvalue weighted by Gasteiger charge is -2.26. The first-order valence-electron chi connectivity index (χ1n) is 12.8. The van der Waals surface area contributed by atoms with Crippen molar-refractivity contribution >= 4 is 33.7 Å². The summed E-state index contributed by atoms with van der Waals surface area (Å²) in [6.07, 6.45) is 8.02. The molecule has 0 spiro atoms. The maximum Gasteiger partial charge on any atom is 0.251 e. The first kappa shape index (κ1) is 23.8. The van der Waals surface area contributed by atoms with Gasteiger partial charge in [0.1, 0.15) is 11.4 Å². The van der Waals surface area contributed by atoms with Gasteiger partial charge in [0, 0.05) is 40.1 Å². The summed E-state index contributed by atoms with van der Waals surface area (Å²) in [5.74, 6) is 6.89. The average Bonchev–Trinajstić information content (AvgIpc) is 3.54. The van der Waals surface area contributed by atoms with E-state index in [-0.39, 0.29) is 18.4 Å². The number of H-pyrrole nitrogens is 1. The van der Waals surface area contributed by atoms with Gasteiger partial charge in [0.05, 0.1) is 12.1 Å². The van der Waals surface area contributed by atoms with E-state index in [1.54, 1.807) is 12.3 Å². The molecule has 0 radical (unpaired) electrons. The van der Waals surface area contributed by atoms with Gasteiger partial charge in [0.25, 0.3) is 5.91 Å². The maximum atomic E-state index is 13.0. The molecule has 1 fully saturated rings. The molecule has 6 rings (SSSR count). The zero-order valence-corrected chi connectivity index (χ0v) is 20.9. The molecular weight excluding hydrogens is 476 g/mol. The molecule has 3 heterocycles. The quantitative estimate of drug-likeness (QED) is 0.269. The van der Waals surface area contributed by atoms with Crippen molar-refractivity contribution in [2.24, 2.45) is 0 Å². The number of rotatable bonds is 4. The number of fused-ring (bicyclic) bond motifs is 2. The monoisotopic (exact) mass is 504 g/mol. The van der Waals surface area contributed by atoms with Crippen LogP contribution in [0.4, 0.5) is 5.95 Å². The fourth-order valence-corrected chi connectivity index (χ4v) is 5.14. The van der Waals surface area contributed by atoms with E-state index in [9.17, 15) is 9.90 Å². The number of nitrogens with one attached hydrogen (secondary N) is 2. The summed E-state index contributed by atoms with van der Waals surface area (Å²) < 4.78 is 1.96. The van der Waals surface area contributed by atoms with Gasteiger partial charge in [-0.25, -0.2) is 4.98 Å². The Kier molecular flexibility index (Phi) is 6.06. The van der Waals surface area contributed by atoms with Gasteiger partial charge in [-0.3, -0.25) is 9.36 Å². The lowest BCUT2D eigenvalue weighted by molar-refractivity contribution is 0.0610. The Balaban J connectivity index is 1.34. The summed E-state index contributed by atoms with van der Waals surface area (Å²) in [6, 6.07) is 17.3. The number of nitrogens with zero attached hydrogens (tertiary/aromatic N) is 3. The number of anilines is 1. The van der Waals surface area contributed by atoms with Gasteiger partial charge in [-0.1, -0.05) is 30.4 Å². The second-order valence-corrected chi connectivity index (χ2v) is 9.82. The molecule has 3 aromatic heterocycles.